The summed E-state index contributed by atoms with van der Waals surface area (Å²) in [5.74, 6) is 0.338. The van der Waals surface area contributed by atoms with Gasteiger partial charge in [-0.25, -0.2) is 14.2 Å². The third-order valence-corrected chi connectivity index (χ3v) is 4.53. The molecule has 0 aromatic carbocycles. The van der Waals surface area contributed by atoms with Crippen molar-refractivity contribution in [3.8, 4) is 0 Å². The Balaban J connectivity index is 1.49. The first-order valence-electron chi connectivity index (χ1n) is 8.09. The molecule has 2 N–H and O–H groups in total. The molecule has 126 valence electrons. The first kappa shape index (κ1) is 16.0. The second-order valence-electron chi connectivity index (χ2n) is 6.48. The fraction of sp³-hybridized carbons (Fsp3) is 0.625. The molecular weight excluding hydrogens is 299 g/mol. The van der Waals surface area contributed by atoms with Crippen LogP contribution in [0, 0.1) is 11.7 Å². The van der Waals surface area contributed by atoms with Crippen molar-refractivity contribution in [3.05, 3.63) is 24.1 Å². The van der Waals surface area contributed by atoms with Gasteiger partial charge in [-0.05, 0) is 37.3 Å². The summed E-state index contributed by atoms with van der Waals surface area (Å²) in [7, 11) is 1.69. The van der Waals surface area contributed by atoms with Crippen molar-refractivity contribution in [1.29, 1.82) is 0 Å². The Morgan fingerprint density at radius 3 is 3.04 bits per heavy atom. The normalized spacial score (nSPS) is 22.0. The molecule has 0 radical (unpaired) electrons. The number of carbonyl (C=O) groups is 1. The maximum absolute atomic E-state index is 13.8. The van der Waals surface area contributed by atoms with Crippen molar-refractivity contribution in [2.24, 2.45) is 5.92 Å². The molecule has 1 aromatic heterocycles. The Labute approximate surface area is 135 Å². The second-order valence-corrected chi connectivity index (χ2v) is 6.48. The van der Waals surface area contributed by atoms with Crippen LogP contribution in [0.1, 0.15) is 19.3 Å². The topological polar surface area (TPSA) is 68.7 Å². The van der Waals surface area contributed by atoms with E-state index in [0.717, 1.165) is 19.3 Å². The van der Waals surface area contributed by atoms with E-state index in [0.29, 0.717) is 31.4 Å². The summed E-state index contributed by atoms with van der Waals surface area (Å²) >= 11 is 0. The van der Waals surface area contributed by atoms with Crippen LogP contribution in [0.3, 0.4) is 0 Å². The minimum atomic E-state index is -0.437. The molecule has 0 spiro atoms. The number of urea groups is 1. The van der Waals surface area contributed by atoms with Crippen molar-refractivity contribution >= 4 is 11.8 Å². The molecule has 2 fully saturated rings. The lowest BCUT2D eigenvalue weighted by Crippen LogP contribution is -2.46. The number of aromatic nitrogens is 1. The first-order valence-corrected chi connectivity index (χ1v) is 8.09. The molecule has 2 unspecified atom stereocenters. The quantitative estimate of drug-likeness (QED) is 0.855. The molecule has 1 saturated carbocycles. The number of aliphatic hydroxyl groups is 1. The van der Waals surface area contributed by atoms with Crippen LogP contribution in [0.2, 0.25) is 0 Å². The van der Waals surface area contributed by atoms with Crippen molar-refractivity contribution in [2.75, 3.05) is 31.6 Å². The molecule has 1 aromatic rings. The molecule has 2 aliphatic rings. The number of nitrogens with zero attached hydrogens (tertiary/aromatic N) is 3. The molecule has 23 heavy (non-hydrogen) atoms. The van der Waals surface area contributed by atoms with Crippen molar-refractivity contribution in [3.63, 3.8) is 0 Å². The highest BCUT2D eigenvalue weighted by Crippen LogP contribution is 2.32. The minimum absolute atomic E-state index is 0.0376. The molecule has 1 saturated heterocycles. The fourth-order valence-corrected chi connectivity index (χ4v) is 2.96. The molecule has 2 atom stereocenters. The number of aliphatic hydroxyl groups excluding tert-OH is 1. The number of amides is 2. The molecule has 3 rings (SSSR count). The number of hydrogen-bond donors (Lipinski definition) is 2. The number of anilines is 1. The SMILES string of the molecule is CN(CC(O)C1CC1)C(=O)NC1CCN(c2ncccc2F)C1. The zero-order valence-corrected chi connectivity index (χ0v) is 13.3. The van der Waals surface area contributed by atoms with E-state index in [1.165, 1.54) is 11.0 Å². The molecule has 2 heterocycles. The number of nitrogens with one attached hydrogen (secondary N) is 1. The Hall–Kier alpha value is -1.89. The first-order chi connectivity index (χ1) is 11.0. The average molecular weight is 322 g/mol. The highest BCUT2D eigenvalue weighted by Gasteiger charge is 2.32. The molecule has 7 heteroatoms. The number of rotatable bonds is 5. The number of carbonyl (C=O) groups excluding carboxylic acids is 1. The largest absolute Gasteiger partial charge is 0.391 e. The maximum atomic E-state index is 13.8. The second kappa shape index (κ2) is 6.70. The predicted octanol–water partition coefficient (Wildman–Crippen LogP) is 1.21. The summed E-state index contributed by atoms with van der Waals surface area (Å²) in [6.07, 6.45) is 3.97. The van der Waals surface area contributed by atoms with Gasteiger partial charge < -0.3 is 20.2 Å². The van der Waals surface area contributed by atoms with Gasteiger partial charge in [0.15, 0.2) is 11.6 Å². The van der Waals surface area contributed by atoms with Crippen molar-refractivity contribution < 1.29 is 14.3 Å². The lowest BCUT2D eigenvalue weighted by atomic mass is 10.2. The van der Waals surface area contributed by atoms with Crippen LogP contribution in [-0.4, -0.2) is 59.8 Å². The Morgan fingerprint density at radius 1 is 1.57 bits per heavy atom. The Morgan fingerprint density at radius 2 is 2.35 bits per heavy atom. The standard InChI is InChI=1S/C16H23FN4O2/c1-20(10-14(22)11-4-5-11)16(23)19-12-6-8-21(9-12)15-13(17)3-2-7-18-15/h2-3,7,11-12,14,22H,4-6,8-10H2,1H3,(H,19,23). The van der Waals surface area contributed by atoms with Crippen molar-refractivity contribution in [1.82, 2.24) is 15.2 Å². The summed E-state index contributed by atoms with van der Waals surface area (Å²) < 4.78 is 13.8. The van der Waals surface area contributed by atoms with E-state index >= 15 is 0 Å². The van der Waals surface area contributed by atoms with E-state index in [9.17, 15) is 14.3 Å². The highest BCUT2D eigenvalue weighted by molar-refractivity contribution is 5.74. The monoisotopic (exact) mass is 322 g/mol. The van der Waals surface area contributed by atoms with Gasteiger partial charge in [0, 0.05) is 38.9 Å². The number of halogens is 1. The van der Waals surface area contributed by atoms with E-state index in [1.54, 1.807) is 19.3 Å². The number of hydrogen-bond acceptors (Lipinski definition) is 4. The number of pyridine rings is 1. The Kier molecular flexibility index (Phi) is 4.66. The minimum Gasteiger partial charge on any atom is -0.391 e. The van der Waals surface area contributed by atoms with Crippen LogP contribution in [-0.2, 0) is 0 Å². The van der Waals surface area contributed by atoms with Gasteiger partial charge in [0.25, 0.3) is 0 Å². The molecule has 1 aliphatic heterocycles. The van der Waals surface area contributed by atoms with Gasteiger partial charge in [0.2, 0.25) is 0 Å². The van der Waals surface area contributed by atoms with Crippen LogP contribution in [0.15, 0.2) is 18.3 Å². The summed E-state index contributed by atoms with van der Waals surface area (Å²) in [4.78, 5) is 19.6. The smallest absolute Gasteiger partial charge is 0.317 e. The fourth-order valence-electron chi connectivity index (χ4n) is 2.96. The van der Waals surface area contributed by atoms with Gasteiger partial charge in [0.1, 0.15) is 0 Å². The van der Waals surface area contributed by atoms with Gasteiger partial charge >= 0.3 is 6.03 Å². The zero-order chi connectivity index (χ0) is 16.4. The molecule has 6 nitrogen and oxygen atoms in total. The van der Waals surface area contributed by atoms with E-state index in [-0.39, 0.29) is 17.9 Å². The molecule has 0 bridgehead atoms. The van der Waals surface area contributed by atoms with Crippen LogP contribution in [0.4, 0.5) is 15.0 Å². The molecule has 2 amide bonds. The van der Waals surface area contributed by atoms with Crippen LogP contribution < -0.4 is 10.2 Å². The van der Waals surface area contributed by atoms with Crippen LogP contribution >= 0.6 is 0 Å². The van der Waals surface area contributed by atoms with Gasteiger partial charge in [-0.3, -0.25) is 0 Å². The maximum Gasteiger partial charge on any atom is 0.317 e. The third kappa shape index (κ3) is 3.90. The van der Waals surface area contributed by atoms with E-state index in [4.69, 9.17) is 0 Å². The lowest BCUT2D eigenvalue weighted by molar-refractivity contribution is 0.113. The van der Waals surface area contributed by atoms with Crippen LogP contribution in [0.25, 0.3) is 0 Å². The zero-order valence-electron chi connectivity index (χ0n) is 13.3. The van der Waals surface area contributed by atoms with Crippen LogP contribution in [0.5, 0.6) is 0 Å². The summed E-state index contributed by atoms with van der Waals surface area (Å²) in [5, 5.41) is 12.9. The third-order valence-electron chi connectivity index (χ3n) is 4.53. The van der Waals surface area contributed by atoms with E-state index in [1.807, 2.05) is 4.90 Å². The summed E-state index contributed by atoms with van der Waals surface area (Å²) in [6.45, 7) is 1.55. The predicted molar refractivity (Wildman–Crippen MR) is 84.7 cm³/mol. The van der Waals surface area contributed by atoms with Gasteiger partial charge in [0.05, 0.1) is 6.10 Å². The summed E-state index contributed by atoms with van der Waals surface area (Å²) in [5.41, 5.74) is 0. The molecule has 1 aliphatic carbocycles. The van der Waals surface area contributed by atoms with Gasteiger partial charge in [-0.2, -0.15) is 0 Å². The van der Waals surface area contributed by atoms with E-state index in [2.05, 4.69) is 10.3 Å². The molecular formula is C16H23FN4O2. The summed E-state index contributed by atoms with van der Waals surface area (Å²) in [6, 6.07) is 2.72. The van der Waals surface area contributed by atoms with E-state index < -0.39 is 6.10 Å². The van der Waals surface area contributed by atoms with Gasteiger partial charge in [-0.1, -0.05) is 0 Å². The average Bonchev–Trinajstić information content (AvgIpc) is 3.28. The number of likely N-dealkylation sites (N-methyl/N-ethyl adjacent to an activating group) is 1. The lowest BCUT2D eigenvalue weighted by Gasteiger charge is -2.24. The van der Waals surface area contributed by atoms with Gasteiger partial charge in [-0.15, -0.1) is 0 Å². The van der Waals surface area contributed by atoms with Crippen molar-refractivity contribution in [2.45, 2.75) is 31.4 Å². The Bertz CT molecular complexity index is 567. The highest BCUT2D eigenvalue weighted by atomic mass is 19.1.